The molecule has 0 bridgehead atoms. The predicted octanol–water partition coefficient (Wildman–Crippen LogP) is 1.14. The zero-order valence-electron chi connectivity index (χ0n) is 7.91. The van der Waals surface area contributed by atoms with Gasteiger partial charge in [-0.1, -0.05) is 0 Å². The van der Waals surface area contributed by atoms with Crippen LogP contribution in [0.25, 0.3) is 0 Å². The van der Waals surface area contributed by atoms with Gasteiger partial charge in [0.05, 0.1) is 11.9 Å². The molecular formula is C9H14N4. The number of guanidine groups is 1. The van der Waals surface area contributed by atoms with Crippen LogP contribution >= 0.6 is 0 Å². The number of hydrogen-bond donors (Lipinski definition) is 2. The van der Waals surface area contributed by atoms with Crippen LogP contribution in [0.1, 0.15) is 12.6 Å². The van der Waals surface area contributed by atoms with E-state index in [0.717, 1.165) is 11.4 Å². The molecule has 0 amide bonds. The molecular weight excluding hydrogens is 164 g/mol. The number of aliphatic imine (C=N–C) groups is 1. The lowest BCUT2D eigenvalue weighted by Gasteiger charge is -2.04. The minimum atomic E-state index is 0.424. The van der Waals surface area contributed by atoms with Crippen LogP contribution in [-0.4, -0.2) is 17.5 Å². The summed E-state index contributed by atoms with van der Waals surface area (Å²) in [6, 6.07) is 3.84. The highest BCUT2D eigenvalue weighted by molar-refractivity contribution is 5.91. The minimum absolute atomic E-state index is 0.424. The van der Waals surface area contributed by atoms with Crippen molar-refractivity contribution in [3.05, 3.63) is 24.0 Å². The molecule has 0 saturated carbocycles. The molecule has 4 nitrogen and oxygen atoms in total. The Balaban J connectivity index is 2.64. The summed E-state index contributed by atoms with van der Waals surface area (Å²) in [6.07, 6.45) is 1.73. The molecule has 1 aromatic rings. The summed E-state index contributed by atoms with van der Waals surface area (Å²) in [5, 5.41) is 2.94. The van der Waals surface area contributed by atoms with E-state index in [1.807, 2.05) is 26.0 Å². The van der Waals surface area contributed by atoms with Gasteiger partial charge >= 0.3 is 0 Å². The Labute approximate surface area is 77.9 Å². The van der Waals surface area contributed by atoms with Gasteiger partial charge in [0.1, 0.15) is 0 Å². The fraction of sp³-hybridized carbons (Fsp3) is 0.333. The monoisotopic (exact) mass is 178 g/mol. The first-order chi connectivity index (χ1) is 6.22. The Morgan fingerprint density at radius 1 is 1.62 bits per heavy atom. The number of nitrogens with zero attached hydrogens (tertiary/aromatic N) is 2. The molecule has 0 saturated heterocycles. The highest BCUT2D eigenvalue weighted by Gasteiger charge is 1.93. The number of aryl methyl sites for hydroxylation is 1. The van der Waals surface area contributed by atoms with E-state index in [-0.39, 0.29) is 0 Å². The molecule has 1 aromatic heterocycles. The first-order valence-electron chi connectivity index (χ1n) is 4.22. The van der Waals surface area contributed by atoms with Gasteiger partial charge in [-0.3, -0.25) is 9.98 Å². The number of rotatable bonds is 2. The van der Waals surface area contributed by atoms with Gasteiger partial charge in [-0.2, -0.15) is 0 Å². The maximum absolute atomic E-state index is 5.57. The van der Waals surface area contributed by atoms with Crippen molar-refractivity contribution in [1.82, 2.24) is 4.98 Å². The van der Waals surface area contributed by atoms with Gasteiger partial charge in [-0.25, -0.2) is 0 Å². The highest BCUT2D eigenvalue weighted by atomic mass is 15.1. The summed E-state index contributed by atoms with van der Waals surface area (Å²) < 4.78 is 0. The van der Waals surface area contributed by atoms with Gasteiger partial charge in [0.25, 0.3) is 0 Å². The summed E-state index contributed by atoms with van der Waals surface area (Å²) in [7, 11) is 0. The van der Waals surface area contributed by atoms with Gasteiger partial charge in [0.15, 0.2) is 5.96 Å². The zero-order chi connectivity index (χ0) is 9.68. The average molecular weight is 178 g/mol. The second-order valence-corrected chi connectivity index (χ2v) is 2.67. The summed E-state index contributed by atoms with van der Waals surface area (Å²) in [6.45, 7) is 4.55. The van der Waals surface area contributed by atoms with Crippen molar-refractivity contribution in [3.8, 4) is 0 Å². The van der Waals surface area contributed by atoms with Crippen LogP contribution in [0, 0.1) is 6.92 Å². The third-order valence-corrected chi connectivity index (χ3v) is 1.51. The number of nitrogens with two attached hydrogens (primary N) is 1. The number of anilines is 1. The van der Waals surface area contributed by atoms with Crippen molar-refractivity contribution in [2.75, 3.05) is 11.9 Å². The van der Waals surface area contributed by atoms with Crippen LogP contribution < -0.4 is 11.1 Å². The summed E-state index contributed by atoms with van der Waals surface area (Å²) in [5.74, 6) is 0.424. The first-order valence-corrected chi connectivity index (χ1v) is 4.22. The second-order valence-electron chi connectivity index (χ2n) is 2.67. The number of pyridine rings is 1. The largest absolute Gasteiger partial charge is 0.370 e. The van der Waals surface area contributed by atoms with E-state index in [0.29, 0.717) is 12.5 Å². The van der Waals surface area contributed by atoms with Crippen molar-refractivity contribution in [2.24, 2.45) is 10.7 Å². The van der Waals surface area contributed by atoms with E-state index in [2.05, 4.69) is 15.3 Å². The number of hydrogen-bond acceptors (Lipinski definition) is 2. The molecule has 0 radical (unpaired) electrons. The normalized spacial score (nSPS) is 11.4. The lowest BCUT2D eigenvalue weighted by molar-refractivity contribution is 1.12. The molecule has 70 valence electrons. The molecule has 0 fully saturated rings. The maximum atomic E-state index is 5.57. The Bertz CT molecular complexity index is 289. The summed E-state index contributed by atoms with van der Waals surface area (Å²) >= 11 is 0. The SMILES string of the molecule is CCN=C(N)Nc1ccc(C)nc1. The second kappa shape index (κ2) is 4.45. The maximum Gasteiger partial charge on any atom is 0.193 e. The third-order valence-electron chi connectivity index (χ3n) is 1.51. The van der Waals surface area contributed by atoms with E-state index < -0.39 is 0 Å². The van der Waals surface area contributed by atoms with Crippen molar-refractivity contribution in [2.45, 2.75) is 13.8 Å². The number of nitrogens with one attached hydrogen (secondary N) is 1. The molecule has 3 N–H and O–H groups in total. The Kier molecular flexibility index (Phi) is 3.25. The molecule has 1 rings (SSSR count). The third kappa shape index (κ3) is 3.11. The standard InChI is InChI=1S/C9H14N4/c1-3-11-9(10)13-8-5-4-7(2)12-6-8/h4-6H,3H2,1-2H3,(H3,10,11,13). The Morgan fingerprint density at radius 3 is 2.92 bits per heavy atom. The van der Waals surface area contributed by atoms with Crippen molar-refractivity contribution >= 4 is 11.6 Å². The molecule has 0 atom stereocenters. The van der Waals surface area contributed by atoms with Crippen LogP contribution in [0.15, 0.2) is 23.3 Å². The quantitative estimate of drug-likeness (QED) is 0.527. The van der Waals surface area contributed by atoms with Crippen molar-refractivity contribution < 1.29 is 0 Å². The smallest absolute Gasteiger partial charge is 0.193 e. The Hall–Kier alpha value is -1.58. The van der Waals surface area contributed by atoms with Crippen LogP contribution in [-0.2, 0) is 0 Å². The minimum Gasteiger partial charge on any atom is -0.370 e. The lowest BCUT2D eigenvalue weighted by atomic mass is 10.3. The molecule has 13 heavy (non-hydrogen) atoms. The molecule has 0 aliphatic carbocycles. The fourth-order valence-corrected chi connectivity index (χ4v) is 0.900. The average Bonchev–Trinajstić information content (AvgIpc) is 2.09. The van der Waals surface area contributed by atoms with E-state index in [9.17, 15) is 0 Å². The first kappa shape index (κ1) is 9.51. The lowest BCUT2D eigenvalue weighted by Crippen LogP contribution is -2.22. The molecule has 0 aliphatic rings. The molecule has 1 heterocycles. The fourth-order valence-electron chi connectivity index (χ4n) is 0.900. The van der Waals surface area contributed by atoms with Crippen LogP contribution in [0.5, 0.6) is 0 Å². The Morgan fingerprint density at radius 2 is 2.38 bits per heavy atom. The van der Waals surface area contributed by atoms with Gasteiger partial charge < -0.3 is 11.1 Å². The number of aromatic nitrogens is 1. The summed E-state index contributed by atoms with van der Waals surface area (Å²) in [5.41, 5.74) is 7.41. The van der Waals surface area contributed by atoms with Crippen LogP contribution in [0.2, 0.25) is 0 Å². The van der Waals surface area contributed by atoms with E-state index in [1.54, 1.807) is 6.20 Å². The van der Waals surface area contributed by atoms with Gasteiger partial charge in [0.2, 0.25) is 0 Å². The van der Waals surface area contributed by atoms with E-state index in [4.69, 9.17) is 5.73 Å². The summed E-state index contributed by atoms with van der Waals surface area (Å²) in [4.78, 5) is 8.12. The van der Waals surface area contributed by atoms with E-state index in [1.165, 1.54) is 0 Å². The van der Waals surface area contributed by atoms with Gasteiger partial charge in [-0.15, -0.1) is 0 Å². The zero-order valence-corrected chi connectivity index (χ0v) is 7.91. The van der Waals surface area contributed by atoms with Crippen molar-refractivity contribution in [1.29, 1.82) is 0 Å². The van der Waals surface area contributed by atoms with Gasteiger partial charge in [-0.05, 0) is 26.0 Å². The van der Waals surface area contributed by atoms with E-state index >= 15 is 0 Å². The van der Waals surface area contributed by atoms with Crippen molar-refractivity contribution in [3.63, 3.8) is 0 Å². The molecule has 4 heteroatoms. The van der Waals surface area contributed by atoms with Gasteiger partial charge in [0, 0.05) is 12.2 Å². The molecule has 0 aliphatic heterocycles. The highest BCUT2D eigenvalue weighted by Crippen LogP contribution is 2.04. The topological polar surface area (TPSA) is 63.3 Å². The molecule has 0 aromatic carbocycles. The predicted molar refractivity (Wildman–Crippen MR) is 54.8 cm³/mol. The molecule has 0 spiro atoms. The van der Waals surface area contributed by atoms with Crippen LogP contribution in [0.4, 0.5) is 5.69 Å². The molecule has 0 unspecified atom stereocenters. The van der Waals surface area contributed by atoms with Crippen LogP contribution in [0.3, 0.4) is 0 Å².